The van der Waals surface area contributed by atoms with Crippen LogP contribution in [-0.4, -0.2) is 49.7 Å². The Morgan fingerprint density at radius 2 is 1.77 bits per heavy atom. The van der Waals surface area contributed by atoms with E-state index in [4.69, 9.17) is 0 Å². The molecule has 10 nitrogen and oxygen atoms in total. The summed E-state index contributed by atoms with van der Waals surface area (Å²) in [6, 6.07) is 14.0. The first kappa shape index (κ1) is 22.4. The van der Waals surface area contributed by atoms with Crippen LogP contribution in [0.25, 0.3) is 0 Å². The molecule has 3 rings (SSSR count). The first-order valence-corrected chi connectivity index (χ1v) is 11.1. The predicted molar refractivity (Wildman–Crippen MR) is 111 cm³/mol. The van der Waals surface area contributed by atoms with Gasteiger partial charge in [-0.25, -0.2) is 13.1 Å². The zero-order chi connectivity index (χ0) is 22.4. The largest absolute Gasteiger partial charge is 0.354 e. The van der Waals surface area contributed by atoms with Gasteiger partial charge in [0.1, 0.15) is 0 Å². The average Bonchev–Trinajstić information content (AvgIpc) is 3.12. The molecule has 164 valence electrons. The number of carbonyl (C=O) groups excluding carboxylic acids is 2. The number of nitro groups is 1. The highest BCUT2D eigenvalue weighted by atomic mass is 32.2. The molecular weight excluding hydrogens is 424 g/mol. The van der Waals surface area contributed by atoms with Crippen molar-refractivity contribution in [2.24, 2.45) is 5.92 Å². The smallest absolute Gasteiger partial charge is 0.269 e. The van der Waals surface area contributed by atoms with E-state index < -0.39 is 20.9 Å². The summed E-state index contributed by atoms with van der Waals surface area (Å²) in [5.74, 6) is -0.885. The highest BCUT2D eigenvalue weighted by Crippen LogP contribution is 2.20. The molecule has 1 unspecified atom stereocenters. The Labute approximate surface area is 179 Å². The molecule has 31 heavy (non-hydrogen) atoms. The second-order valence-corrected chi connectivity index (χ2v) is 8.87. The van der Waals surface area contributed by atoms with Gasteiger partial charge in [-0.05, 0) is 17.7 Å². The Bertz CT molecular complexity index is 1060. The molecule has 0 bridgehead atoms. The maximum absolute atomic E-state index is 12.4. The van der Waals surface area contributed by atoms with Gasteiger partial charge in [-0.1, -0.05) is 30.3 Å². The Morgan fingerprint density at radius 3 is 2.42 bits per heavy atom. The molecule has 2 aromatic rings. The van der Waals surface area contributed by atoms with Crippen molar-refractivity contribution in [2.45, 2.75) is 17.9 Å². The molecule has 0 aliphatic carbocycles. The summed E-state index contributed by atoms with van der Waals surface area (Å²) >= 11 is 0. The van der Waals surface area contributed by atoms with Crippen molar-refractivity contribution in [3.05, 3.63) is 70.3 Å². The summed E-state index contributed by atoms with van der Waals surface area (Å²) < 4.78 is 26.8. The Hall–Kier alpha value is -3.31. The minimum absolute atomic E-state index is 0.0500. The van der Waals surface area contributed by atoms with E-state index in [0.29, 0.717) is 13.1 Å². The van der Waals surface area contributed by atoms with E-state index in [2.05, 4.69) is 10.0 Å². The van der Waals surface area contributed by atoms with Crippen LogP contribution >= 0.6 is 0 Å². The number of likely N-dealkylation sites (tertiary alicyclic amines) is 1. The van der Waals surface area contributed by atoms with Crippen LogP contribution in [0, 0.1) is 16.0 Å². The van der Waals surface area contributed by atoms with Crippen LogP contribution in [-0.2, 0) is 26.2 Å². The van der Waals surface area contributed by atoms with Crippen molar-refractivity contribution in [1.82, 2.24) is 14.9 Å². The maximum Gasteiger partial charge on any atom is 0.269 e. The van der Waals surface area contributed by atoms with Crippen LogP contribution in [0.5, 0.6) is 0 Å². The van der Waals surface area contributed by atoms with E-state index in [-0.39, 0.29) is 41.9 Å². The van der Waals surface area contributed by atoms with Gasteiger partial charge in [0, 0.05) is 44.7 Å². The molecule has 2 aromatic carbocycles. The number of rotatable bonds is 9. The van der Waals surface area contributed by atoms with Crippen LogP contribution in [0.4, 0.5) is 5.69 Å². The van der Waals surface area contributed by atoms with Gasteiger partial charge in [0.05, 0.1) is 15.7 Å². The number of sulfonamides is 1. The van der Waals surface area contributed by atoms with Crippen molar-refractivity contribution < 1.29 is 22.9 Å². The highest BCUT2D eigenvalue weighted by Gasteiger charge is 2.34. The van der Waals surface area contributed by atoms with Gasteiger partial charge in [-0.2, -0.15) is 0 Å². The lowest BCUT2D eigenvalue weighted by atomic mass is 10.1. The predicted octanol–water partition coefficient (Wildman–Crippen LogP) is 1.04. The summed E-state index contributed by atoms with van der Waals surface area (Å²) in [4.78, 5) is 36.1. The van der Waals surface area contributed by atoms with E-state index in [9.17, 15) is 28.1 Å². The zero-order valence-corrected chi connectivity index (χ0v) is 17.4. The van der Waals surface area contributed by atoms with Gasteiger partial charge >= 0.3 is 0 Å². The highest BCUT2D eigenvalue weighted by molar-refractivity contribution is 7.89. The number of nitrogens with zero attached hydrogens (tertiary/aromatic N) is 2. The first-order chi connectivity index (χ1) is 14.8. The second kappa shape index (κ2) is 9.67. The van der Waals surface area contributed by atoms with Gasteiger partial charge in [-0.3, -0.25) is 19.7 Å². The standard InChI is InChI=1S/C20H22N4O6S/c25-19-12-16(14-23(19)13-15-4-2-1-3-5-15)20(26)21-10-11-22-31(29,30)18-8-6-17(7-9-18)24(27)28/h1-9,16,22H,10-14H2,(H,21,26). The van der Waals surface area contributed by atoms with Crippen LogP contribution in [0.1, 0.15) is 12.0 Å². The van der Waals surface area contributed by atoms with Crippen molar-refractivity contribution >= 4 is 27.5 Å². The molecule has 11 heteroatoms. The van der Waals surface area contributed by atoms with Crippen molar-refractivity contribution in [3.63, 3.8) is 0 Å². The van der Waals surface area contributed by atoms with Gasteiger partial charge in [0.2, 0.25) is 21.8 Å². The minimum atomic E-state index is -3.86. The van der Waals surface area contributed by atoms with Crippen molar-refractivity contribution in [1.29, 1.82) is 0 Å². The third-order valence-electron chi connectivity index (χ3n) is 4.88. The number of amides is 2. The van der Waals surface area contributed by atoms with Gasteiger partial charge in [0.15, 0.2) is 0 Å². The molecule has 1 aliphatic rings. The van der Waals surface area contributed by atoms with Crippen molar-refractivity contribution in [2.75, 3.05) is 19.6 Å². The fourth-order valence-corrected chi connectivity index (χ4v) is 4.28. The van der Waals surface area contributed by atoms with Gasteiger partial charge in [-0.15, -0.1) is 0 Å². The molecular formula is C20H22N4O6S. The average molecular weight is 446 g/mol. The van der Waals surface area contributed by atoms with Crippen molar-refractivity contribution in [3.8, 4) is 0 Å². The number of nitrogens with one attached hydrogen (secondary N) is 2. The lowest BCUT2D eigenvalue weighted by Gasteiger charge is -2.16. The summed E-state index contributed by atoms with van der Waals surface area (Å²) in [6.07, 6.45) is 0.118. The molecule has 0 spiro atoms. The van der Waals surface area contributed by atoms with Crippen LogP contribution in [0.15, 0.2) is 59.5 Å². The Balaban J connectivity index is 1.44. The lowest BCUT2D eigenvalue weighted by Crippen LogP contribution is -2.38. The van der Waals surface area contributed by atoms with E-state index in [1.54, 1.807) is 4.90 Å². The third-order valence-corrected chi connectivity index (χ3v) is 6.35. The van der Waals surface area contributed by atoms with E-state index in [1.807, 2.05) is 30.3 Å². The summed E-state index contributed by atoms with van der Waals surface area (Å²) in [7, 11) is -3.86. The molecule has 1 fully saturated rings. The molecule has 0 aromatic heterocycles. The van der Waals surface area contributed by atoms with E-state index >= 15 is 0 Å². The van der Waals surface area contributed by atoms with E-state index in [0.717, 1.165) is 29.8 Å². The molecule has 0 radical (unpaired) electrons. The quantitative estimate of drug-likeness (QED) is 0.335. The van der Waals surface area contributed by atoms with Crippen LogP contribution < -0.4 is 10.0 Å². The van der Waals surface area contributed by atoms with E-state index in [1.165, 1.54) is 0 Å². The molecule has 2 N–H and O–H groups in total. The number of carbonyl (C=O) groups is 2. The number of hydrogen-bond acceptors (Lipinski definition) is 6. The molecule has 2 amide bonds. The van der Waals surface area contributed by atoms with Crippen LogP contribution in [0.3, 0.4) is 0 Å². The zero-order valence-electron chi connectivity index (χ0n) is 16.6. The molecule has 0 saturated carbocycles. The summed E-state index contributed by atoms with van der Waals surface area (Å²) in [5.41, 5.74) is 0.774. The molecule has 1 heterocycles. The van der Waals surface area contributed by atoms with Gasteiger partial charge < -0.3 is 10.2 Å². The number of nitro benzene ring substituents is 1. The topological polar surface area (TPSA) is 139 Å². The fourth-order valence-electron chi connectivity index (χ4n) is 3.25. The normalized spacial score (nSPS) is 16.3. The fraction of sp³-hybridized carbons (Fsp3) is 0.300. The minimum Gasteiger partial charge on any atom is -0.354 e. The Kier molecular flexibility index (Phi) is 6.98. The first-order valence-electron chi connectivity index (χ1n) is 9.60. The Morgan fingerprint density at radius 1 is 1.10 bits per heavy atom. The SMILES string of the molecule is O=C(NCCNS(=O)(=O)c1ccc([N+](=O)[O-])cc1)C1CC(=O)N(Cc2ccccc2)C1. The second-order valence-electron chi connectivity index (χ2n) is 7.10. The summed E-state index contributed by atoms with van der Waals surface area (Å²) in [5, 5.41) is 13.3. The molecule has 1 saturated heterocycles. The lowest BCUT2D eigenvalue weighted by molar-refractivity contribution is -0.384. The summed E-state index contributed by atoms with van der Waals surface area (Å²) in [6.45, 7) is 0.750. The number of benzene rings is 2. The van der Waals surface area contributed by atoms with Crippen LogP contribution in [0.2, 0.25) is 0 Å². The molecule has 1 aliphatic heterocycles. The number of non-ortho nitro benzene ring substituents is 1. The monoisotopic (exact) mass is 446 g/mol. The van der Waals surface area contributed by atoms with Gasteiger partial charge in [0.25, 0.3) is 5.69 Å². The third kappa shape index (κ3) is 5.86. The number of hydrogen-bond donors (Lipinski definition) is 2. The maximum atomic E-state index is 12.4. The molecule has 1 atom stereocenters.